The first-order chi connectivity index (χ1) is 9.84. The van der Waals surface area contributed by atoms with Gasteiger partial charge < -0.3 is 4.74 Å². The highest BCUT2D eigenvalue weighted by atomic mass is 16.6. The normalized spacial score (nSPS) is 20.8. The number of rotatable bonds is 6. The summed E-state index contributed by atoms with van der Waals surface area (Å²) in [7, 11) is 0. The van der Waals surface area contributed by atoms with Gasteiger partial charge in [0.2, 0.25) is 0 Å². The van der Waals surface area contributed by atoms with Gasteiger partial charge in [-0.25, -0.2) is 0 Å². The van der Waals surface area contributed by atoms with E-state index in [0.29, 0.717) is 0 Å². The van der Waals surface area contributed by atoms with Crippen LogP contribution in [-0.2, 0) is 11.2 Å². The summed E-state index contributed by atoms with van der Waals surface area (Å²) in [6, 6.07) is 14.2. The molecule has 1 fully saturated rings. The van der Waals surface area contributed by atoms with Crippen LogP contribution < -0.4 is 0 Å². The summed E-state index contributed by atoms with van der Waals surface area (Å²) >= 11 is 0. The molecule has 2 atom stereocenters. The van der Waals surface area contributed by atoms with Gasteiger partial charge in [0.15, 0.2) is 6.10 Å². The zero-order chi connectivity index (χ0) is 13.8. The Balaban J connectivity index is 1.36. The molecule has 2 aromatic rings. The minimum atomic E-state index is -0.223. The zero-order valence-electron chi connectivity index (χ0n) is 11.4. The van der Waals surface area contributed by atoms with Crippen LogP contribution in [0.2, 0.25) is 0 Å². The first-order valence-electron chi connectivity index (χ1n) is 7.21. The molecule has 1 aliphatic rings. The number of ether oxygens (including phenoxy) is 1. The average molecular weight is 269 g/mol. The molecule has 0 N–H and O–H groups in total. The first-order valence-corrected chi connectivity index (χ1v) is 7.21. The third kappa shape index (κ3) is 3.17. The van der Waals surface area contributed by atoms with Gasteiger partial charge in [0.1, 0.15) is 0 Å². The summed E-state index contributed by atoms with van der Waals surface area (Å²) in [5, 5.41) is 0. The number of carbonyl (C=O) groups is 1. The van der Waals surface area contributed by atoms with Crippen LogP contribution in [0.5, 0.6) is 0 Å². The zero-order valence-corrected chi connectivity index (χ0v) is 11.4. The van der Waals surface area contributed by atoms with Crippen molar-refractivity contribution in [2.45, 2.75) is 37.9 Å². The highest BCUT2D eigenvalue weighted by Gasteiger charge is 2.44. The maximum atomic E-state index is 12.0. The van der Waals surface area contributed by atoms with Crippen LogP contribution in [0.3, 0.4) is 0 Å². The molecule has 104 valence electrons. The number of carbonyl (C=O) groups excluding carboxylic acids is 1. The van der Waals surface area contributed by atoms with Crippen LogP contribution in [-0.4, -0.2) is 22.7 Å². The Labute approximate surface area is 119 Å². The molecular weight excluding hydrogens is 250 g/mol. The van der Waals surface area contributed by atoms with E-state index in [4.69, 9.17) is 4.74 Å². The van der Waals surface area contributed by atoms with Crippen molar-refractivity contribution in [2.75, 3.05) is 0 Å². The van der Waals surface area contributed by atoms with Gasteiger partial charge in [0, 0.05) is 12.4 Å². The van der Waals surface area contributed by atoms with E-state index in [9.17, 15) is 4.79 Å². The topological polar surface area (TPSA) is 34.5 Å². The van der Waals surface area contributed by atoms with E-state index in [2.05, 4.69) is 24.3 Å². The molecule has 20 heavy (non-hydrogen) atoms. The fourth-order valence-corrected chi connectivity index (χ4v) is 2.53. The maximum Gasteiger partial charge on any atom is 0.262 e. The number of benzene rings is 1. The number of hydrogen-bond donors (Lipinski definition) is 0. The van der Waals surface area contributed by atoms with Crippen LogP contribution in [0.15, 0.2) is 54.9 Å². The molecule has 1 saturated heterocycles. The van der Waals surface area contributed by atoms with Gasteiger partial charge in [-0.05, 0) is 37.0 Å². The van der Waals surface area contributed by atoms with Crippen LogP contribution in [0.4, 0.5) is 0 Å². The minimum Gasteiger partial charge on any atom is -0.359 e. The van der Waals surface area contributed by atoms with Gasteiger partial charge in [-0.3, -0.25) is 9.36 Å². The lowest BCUT2D eigenvalue weighted by Gasteiger charge is -2.00. The highest BCUT2D eigenvalue weighted by molar-refractivity contribution is 5.86. The van der Waals surface area contributed by atoms with Crippen LogP contribution >= 0.6 is 0 Å². The van der Waals surface area contributed by atoms with E-state index in [1.165, 1.54) is 5.56 Å². The van der Waals surface area contributed by atoms with Crippen LogP contribution in [0, 0.1) is 0 Å². The molecule has 0 unspecified atom stereocenters. The summed E-state index contributed by atoms with van der Waals surface area (Å²) in [6.45, 7) is 0. The molecule has 0 spiro atoms. The fourth-order valence-electron chi connectivity index (χ4n) is 2.53. The van der Waals surface area contributed by atoms with Gasteiger partial charge in [-0.15, -0.1) is 0 Å². The highest BCUT2D eigenvalue weighted by Crippen LogP contribution is 2.28. The van der Waals surface area contributed by atoms with Gasteiger partial charge in [0.05, 0.1) is 6.10 Å². The number of hydrogen-bond acceptors (Lipinski definition) is 2. The molecule has 3 rings (SSSR count). The Bertz CT molecular complexity index is 548. The van der Waals surface area contributed by atoms with Crippen molar-refractivity contribution < 1.29 is 9.53 Å². The summed E-state index contributed by atoms with van der Waals surface area (Å²) in [6.07, 6.45) is 7.78. The lowest BCUT2D eigenvalue weighted by Crippen LogP contribution is -2.17. The van der Waals surface area contributed by atoms with Gasteiger partial charge in [-0.1, -0.05) is 36.8 Å². The van der Waals surface area contributed by atoms with E-state index >= 15 is 0 Å². The predicted molar refractivity (Wildman–Crippen MR) is 77.7 cm³/mol. The number of aromatic nitrogens is 1. The molecule has 0 bridgehead atoms. The SMILES string of the molecule is O=C([C@@H]1O[C@H]1CCCCc1ccccc1)n1cccc1. The fraction of sp³-hybridized carbons (Fsp3) is 0.353. The molecule has 3 heteroatoms. The Kier molecular flexibility index (Phi) is 3.97. The van der Waals surface area contributed by atoms with Crippen molar-refractivity contribution in [1.29, 1.82) is 0 Å². The quantitative estimate of drug-likeness (QED) is 0.595. The summed E-state index contributed by atoms with van der Waals surface area (Å²) < 4.78 is 7.09. The Morgan fingerprint density at radius 1 is 1.05 bits per heavy atom. The monoisotopic (exact) mass is 269 g/mol. The molecule has 1 aromatic heterocycles. The summed E-state index contributed by atoms with van der Waals surface area (Å²) in [5.74, 6) is 0.0584. The molecule has 0 radical (unpaired) electrons. The van der Waals surface area contributed by atoms with Crippen molar-refractivity contribution in [3.63, 3.8) is 0 Å². The van der Waals surface area contributed by atoms with E-state index < -0.39 is 0 Å². The second-order valence-electron chi connectivity index (χ2n) is 5.26. The first kappa shape index (κ1) is 13.1. The predicted octanol–water partition coefficient (Wildman–Crippen LogP) is 3.31. The van der Waals surface area contributed by atoms with Crippen LogP contribution in [0.1, 0.15) is 29.6 Å². The molecular formula is C17H19NO2. The van der Waals surface area contributed by atoms with Crippen molar-refractivity contribution in [1.82, 2.24) is 4.57 Å². The lowest BCUT2D eigenvalue weighted by atomic mass is 10.1. The van der Waals surface area contributed by atoms with Crippen LogP contribution in [0.25, 0.3) is 0 Å². The van der Waals surface area contributed by atoms with Crippen molar-refractivity contribution in [3.05, 3.63) is 60.4 Å². The molecule has 1 aliphatic heterocycles. The van der Waals surface area contributed by atoms with Crippen molar-refractivity contribution >= 4 is 5.91 Å². The smallest absolute Gasteiger partial charge is 0.262 e. The van der Waals surface area contributed by atoms with Gasteiger partial charge in [0.25, 0.3) is 5.91 Å². The van der Waals surface area contributed by atoms with Crippen molar-refractivity contribution in [3.8, 4) is 0 Å². The Morgan fingerprint density at radius 2 is 1.80 bits per heavy atom. The Hall–Kier alpha value is -1.87. The maximum absolute atomic E-state index is 12.0. The number of unbranched alkanes of at least 4 members (excludes halogenated alkanes) is 1. The molecule has 1 aromatic carbocycles. The molecule has 0 aliphatic carbocycles. The second-order valence-corrected chi connectivity index (χ2v) is 5.26. The Morgan fingerprint density at radius 3 is 2.55 bits per heavy atom. The van der Waals surface area contributed by atoms with Gasteiger partial charge >= 0.3 is 0 Å². The summed E-state index contributed by atoms with van der Waals surface area (Å²) in [5.41, 5.74) is 1.38. The van der Waals surface area contributed by atoms with Crippen molar-refractivity contribution in [2.24, 2.45) is 0 Å². The standard InChI is InChI=1S/C17H19NO2/c19-17(18-12-6-7-13-18)16-15(20-16)11-5-4-10-14-8-2-1-3-9-14/h1-3,6-9,12-13,15-16H,4-5,10-11H2/t15-,16+/m0/s1. The average Bonchev–Trinajstić information content (AvgIpc) is 3.04. The van der Waals surface area contributed by atoms with E-state index in [1.54, 1.807) is 17.0 Å². The number of nitrogens with zero attached hydrogens (tertiary/aromatic N) is 1. The summed E-state index contributed by atoms with van der Waals surface area (Å²) in [4.78, 5) is 12.0. The lowest BCUT2D eigenvalue weighted by molar-refractivity contribution is 0.0872. The minimum absolute atomic E-state index is 0.0584. The van der Waals surface area contributed by atoms with E-state index in [-0.39, 0.29) is 18.1 Å². The molecule has 3 nitrogen and oxygen atoms in total. The van der Waals surface area contributed by atoms with E-state index in [1.807, 2.05) is 18.2 Å². The third-order valence-corrected chi connectivity index (χ3v) is 3.73. The van der Waals surface area contributed by atoms with Gasteiger partial charge in [-0.2, -0.15) is 0 Å². The largest absolute Gasteiger partial charge is 0.359 e. The second kappa shape index (κ2) is 6.06. The molecule has 0 saturated carbocycles. The molecule has 2 heterocycles. The molecule has 0 amide bonds. The number of aryl methyl sites for hydroxylation is 1. The third-order valence-electron chi connectivity index (χ3n) is 3.73. The van der Waals surface area contributed by atoms with E-state index in [0.717, 1.165) is 25.7 Å². The number of epoxide rings is 1.